The number of likely N-dealkylation sites (N-methyl/N-ethyl adjacent to an activating group) is 2. The molecule has 1 aromatic rings. The first-order valence-electron chi connectivity index (χ1n) is 15.8. The summed E-state index contributed by atoms with van der Waals surface area (Å²) >= 11 is 0. The van der Waals surface area contributed by atoms with Gasteiger partial charge in [0.25, 0.3) is 5.91 Å². The summed E-state index contributed by atoms with van der Waals surface area (Å²) < 4.78 is 4.88. The van der Waals surface area contributed by atoms with E-state index in [0.717, 1.165) is 65.2 Å². The van der Waals surface area contributed by atoms with Gasteiger partial charge in [0, 0.05) is 117 Å². The Hall–Kier alpha value is -1.54. The first kappa shape index (κ1) is 49.8. The summed E-state index contributed by atoms with van der Waals surface area (Å²) in [6.07, 6.45) is 3.58. The van der Waals surface area contributed by atoms with E-state index in [1.165, 1.54) is 7.11 Å². The van der Waals surface area contributed by atoms with Gasteiger partial charge in [0.1, 0.15) is 11.8 Å². The van der Waals surface area contributed by atoms with Crippen LogP contribution in [0.3, 0.4) is 0 Å². The number of carbonyl (C=O) groups is 4. The molecular formula is C35H62GdN5O6-3. The fraction of sp³-hybridized carbons (Fsp3) is 0.629. The van der Waals surface area contributed by atoms with Crippen LogP contribution in [0.15, 0.2) is 30.3 Å². The van der Waals surface area contributed by atoms with E-state index in [4.69, 9.17) is 4.74 Å². The molecule has 1 atom stereocenters. The molecule has 1 amide bonds. The number of ketones is 1. The van der Waals surface area contributed by atoms with Gasteiger partial charge in [-0.25, -0.2) is 4.79 Å². The van der Waals surface area contributed by atoms with Crippen molar-refractivity contribution < 1.29 is 69.0 Å². The van der Waals surface area contributed by atoms with E-state index in [9.17, 15) is 24.3 Å². The number of carboxylic acid groups (broad SMARTS) is 1. The van der Waals surface area contributed by atoms with Crippen LogP contribution in [0.1, 0.15) is 62.7 Å². The Kier molecular flexibility index (Phi) is 31.2. The number of rotatable bonds is 16. The maximum atomic E-state index is 12.8. The molecule has 0 aliphatic carbocycles. The molecule has 11 nitrogen and oxygen atoms in total. The van der Waals surface area contributed by atoms with Crippen molar-refractivity contribution in [2.45, 2.75) is 58.4 Å². The zero-order valence-electron chi connectivity index (χ0n) is 29.8. The van der Waals surface area contributed by atoms with Crippen LogP contribution in [0.2, 0.25) is 0 Å². The van der Waals surface area contributed by atoms with E-state index < -0.39 is 18.0 Å². The van der Waals surface area contributed by atoms with Crippen molar-refractivity contribution in [3.63, 3.8) is 0 Å². The molecule has 1 fully saturated rings. The number of benzene rings is 1. The molecule has 47 heavy (non-hydrogen) atoms. The Morgan fingerprint density at radius 2 is 1.28 bits per heavy atom. The number of nitrogens with one attached hydrogen (secondary N) is 1. The maximum absolute atomic E-state index is 12.8. The number of esters is 1. The second kappa shape index (κ2) is 29.4. The topological polar surface area (TPSA) is 123 Å². The van der Waals surface area contributed by atoms with Crippen LogP contribution in [0, 0.1) is 62.2 Å². The summed E-state index contributed by atoms with van der Waals surface area (Å²) in [4.78, 5) is 58.0. The standard InChI is InChI=1S/C32H53N5O6.3CH3.Gd/c1-4-34-18-19-35(5-2)21-24-37(26-30(39)40)25-23-36(22-20-34)17-16-28(38)14-10-7-11-15-29(32(42)43-3)33-31(41)27-12-8-6-9-13-27;;;;/h6,8-9,12-13,29H,4-5,7,10-11,14-26H2,1-3H3,(H,33,41)(H,39,40);3*1H3;/q;3*-1;. The van der Waals surface area contributed by atoms with Crippen LogP contribution >= 0.6 is 0 Å². The Morgan fingerprint density at radius 1 is 0.766 bits per heavy atom. The molecule has 2 rings (SSSR count). The van der Waals surface area contributed by atoms with Gasteiger partial charge in [-0.05, 0) is 38.1 Å². The van der Waals surface area contributed by atoms with Gasteiger partial charge < -0.3 is 52.1 Å². The quantitative estimate of drug-likeness (QED) is 0.146. The van der Waals surface area contributed by atoms with Crippen LogP contribution < -0.4 is 5.32 Å². The number of aliphatic carboxylic acids is 1. The summed E-state index contributed by atoms with van der Waals surface area (Å²) in [6, 6.07) is 8.03. The fourth-order valence-electron chi connectivity index (χ4n) is 5.26. The van der Waals surface area contributed by atoms with Crippen molar-refractivity contribution in [3.05, 3.63) is 58.2 Å². The van der Waals surface area contributed by atoms with Crippen molar-refractivity contribution in [3.8, 4) is 0 Å². The molecule has 1 unspecified atom stereocenters. The summed E-state index contributed by atoms with van der Waals surface area (Å²) in [7, 11) is 1.31. The first-order chi connectivity index (χ1) is 20.7. The average Bonchev–Trinajstić information content (AvgIpc) is 3.01. The molecule has 0 aromatic heterocycles. The number of Topliss-reactive ketones (excluding diaryl/α,β-unsaturated/α-hetero) is 1. The van der Waals surface area contributed by atoms with E-state index >= 15 is 0 Å². The van der Waals surface area contributed by atoms with Crippen LogP contribution in [0.4, 0.5) is 0 Å². The predicted octanol–water partition coefficient (Wildman–Crippen LogP) is 3.56. The van der Waals surface area contributed by atoms with Gasteiger partial charge in [-0.3, -0.25) is 19.3 Å². The van der Waals surface area contributed by atoms with Crippen LogP contribution in [-0.4, -0.2) is 140 Å². The van der Waals surface area contributed by atoms with E-state index in [1.807, 2.05) is 11.0 Å². The molecule has 1 saturated heterocycles. The number of carbonyl (C=O) groups excluding carboxylic acids is 3. The van der Waals surface area contributed by atoms with Crippen LogP contribution in [-0.2, 0) is 19.1 Å². The SMILES string of the molecule is CCN1CCN(CC)CCN(CC(=O)O)CCN(CCC(=O)CCCCCC(NC(=O)c2ccccc2)C(=O)OC)CC1.[CH3-].[CH3-].[CH3-].[Gd]. The summed E-state index contributed by atoms with van der Waals surface area (Å²) in [5.41, 5.74) is 0.486. The second-order valence-electron chi connectivity index (χ2n) is 11.2. The molecule has 0 spiro atoms. The number of ether oxygens (including phenoxy) is 1. The van der Waals surface area contributed by atoms with Crippen LogP contribution in [0.25, 0.3) is 0 Å². The van der Waals surface area contributed by atoms with Crippen molar-refractivity contribution in [2.75, 3.05) is 85.6 Å². The minimum atomic E-state index is -0.814. The zero-order chi connectivity index (χ0) is 31.5. The summed E-state index contributed by atoms with van der Waals surface area (Å²) in [6.45, 7) is 13.6. The van der Waals surface area contributed by atoms with Gasteiger partial charge in [0.2, 0.25) is 0 Å². The average molecular weight is 806 g/mol. The van der Waals surface area contributed by atoms with Gasteiger partial charge in [-0.1, -0.05) is 44.9 Å². The van der Waals surface area contributed by atoms with E-state index in [2.05, 4.69) is 33.9 Å². The number of nitrogens with zero attached hydrogens (tertiary/aromatic N) is 4. The largest absolute Gasteiger partial charge is 0.480 e. The fourth-order valence-corrected chi connectivity index (χ4v) is 5.26. The third kappa shape index (κ3) is 21.2. The maximum Gasteiger partial charge on any atom is 0.328 e. The Morgan fingerprint density at radius 3 is 1.77 bits per heavy atom. The number of carboxylic acids is 1. The third-order valence-corrected chi connectivity index (χ3v) is 8.17. The number of methoxy groups -OCH3 is 1. The predicted molar refractivity (Wildman–Crippen MR) is 186 cm³/mol. The summed E-state index contributed by atoms with van der Waals surface area (Å²) in [5.74, 6) is -1.39. The van der Waals surface area contributed by atoms with Gasteiger partial charge >= 0.3 is 11.9 Å². The molecule has 0 bridgehead atoms. The number of hydrogen-bond donors (Lipinski definition) is 2. The second-order valence-corrected chi connectivity index (χ2v) is 11.2. The van der Waals surface area contributed by atoms with E-state index in [1.54, 1.807) is 24.3 Å². The molecular weight excluding hydrogens is 744 g/mol. The van der Waals surface area contributed by atoms with Gasteiger partial charge in [0.05, 0.1) is 13.7 Å². The molecule has 1 aliphatic heterocycles. The van der Waals surface area contributed by atoms with E-state index in [0.29, 0.717) is 50.9 Å². The van der Waals surface area contributed by atoms with Crippen molar-refractivity contribution in [1.82, 2.24) is 24.9 Å². The number of amides is 1. The van der Waals surface area contributed by atoms with Crippen molar-refractivity contribution >= 4 is 23.6 Å². The molecule has 12 heteroatoms. The normalized spacial score (nSPS) is 15.9. The minimum Gasteiger partial charge on any atom is -0.480 e. The van der Waals surface area contributed by atoms with E-state index in [-0.39, 0.29) is 80.5 Å². The van der Waals surface area contributed by atoms with Crippen LogP contribution in [0.5, 0.6) is 0 Å². The monoisotopic (exact) mass is 806 g/mol. The Bertz CT molecular complexity index is 986. The number of hydrogen-bond acceptors (Lipinski definition) is 9. The minimum absolute atomic E-state index is 0. The third-order valence-electron chi connectivity index (χ3n) is 8.17. The Balaban J connectivity index is -0.00000484. The summed E-state index contributed by atoms with van der Waals surface area (Å²) in [5, 5.41) is 12.2. The Labute approximate surface area is 317 Å². The van der Waals surface area contributed by atoms with Gasteiger partial charge in [0.15, 0.2) is 0 Å². The van der Waals surface area contributed by atoms with Gasteiger partial charge in [-0.2, -0.15) is 0 Å². The zero-order valence-corrected chi connectivity index (χ0v) is 32.1. The molecule has 2 N–H and O–H groups in total. The molecule has 0 radical (unpaired) electrons. The smallest absolute Gasteiger partial charge is 0.328 e. The molecule has 1 aromatic carbocycles. The first-order valence-corrected chi connectivity index (χ1v) is 15.8. The molecule has 274 valence electrons. The van der Waals surface area contributed by atoms with Crippen molar-refractivity contribution in [2.24, 2.45) is 0 Å². The molecule has 0 saturated carbocycles. The van der Waals surface area contributed by atoms with Crippen molar-refractivity contribution in [1.29, 1.82) is 0 Å². The molecule has 1 aliphatic rings. The number of unbranched alkanes of at least 4 members (excludes halogenated alkanes) is 2. The molecule has 1 heterocycles. The van der Waals surface area contributed by atoms with Gasteiger partial charge in [-0.15, -0.1) is 0 Å².